The Bertz CT molecular complexity index is 948. The number of carbonyl (C=O) groups is 1. The molecule has 0 saturated carbocycles. The fourth-order valence-corrected chi connectivity index (χ4v) is 3.26. The van der Waals surface area contributed by atoms with E-state index >= 15 is 0 Å². The number of anilines is 1. The van der Waals surface area contributed by atoms with E-state index in [9.17, 15) is 4.79 Å². The van der Waals surface area contributed by atoms with E-state index in [2.05, 4.69) is 15.5 Å². The van der Waals surface area contributed by atoms with Crippen molar-refractivity contribution in [3.63, 3.8) is 0 Å². The van der Waals surface area contributed by atoms with E-state index in [1.807, 2.05) is 24.3 Å². The lowest BCUT2D eigenvalue weighted by molar-refractivity contribution is -0.113. The summed E-state index contributed by atoms with van der Waals surface area (Å²) in [6, 6.07) is 12.5. The number of nitrogens with zero attached hydrogens (tertiary/aromatic N) is 3. The van der Waals surface area contributed by atoms with E-state index in [1.165, 1.54) is 18.9 Å². The number of aromatic nitrogens is 3. The second kappa shape index (κ2) is 8.79. The van der Waals surface area contributed by atoms with Crippen LogP contribution in [0.4, 0.5) is 5.69 Å². The van der Waals surface area contributed by atoms with Crippen LogP contribution in [0.2, 0.25) is 5.02 Å². The molecule has 1 heterocycles. The van der Waals surface area contributed by atoms with Crippen molar-refractivity contribution in [3.05, 3.63) is 53.8 Å². The lowest BCUT2D eigenvalue weighted by Crippen LogP contribution is -2.15. The van der Waals surface area contributed by atoms with Crippen LogP contribution in [-0.2, 0) is 4.79 Å². The minimum atomic E-state index is -0.208. The zero-order valence-electron chi connectivity index (χ0n) is 14.7. The smallest absolute Gasteiger partial charge is 0.234 e. The van der Waals surface area contributed by atoms with Gasteiger partial charge in [-0.15, -0.1) is 10.2 Å². The number of thioether (sulfide) groups is 1. The Labute approximate surface area is 165 Å². The Balaban J connectivity index is 1.68. The molecule has 0 radical (unpaired) electrons. The average molecular weight is 405 g/mol. The van der Waals surface area contributed by atoms with Crippen molar-refractivity contribution in [1.29, 1.82) is 0 Å². The second-order valence-corrected chi connectivity index (χ2v) is 6.75. The molecule has 3 rings (SSSR count). The molecule has 1 N–H and O–H groups in total. The fraction of sp³-hybridized carbons (Fsp3) is 0.167. The van der Waals surface area contributed by atoms with Gasteiger partial charge in [-0.2, -0.15) is 0 Å². The first-order chi connectivity index (χ1) is 13.1. The quantitative estimate of drug-likeness (QED) is 0.605. The van der Waals surface area contributed by atoms with Gasteiger partial charge >= 0.3 is 0 Å². The molecule has 7 nitrogen and oxygen atoms in total. The van der Waals surface area contributed by atoms with Crippen LogP contribution in [0.3, 0.4) is 0 Å². The maximum atomic E-state index is 12.3. The number of benzene rings is 2. The summed E-state index contributed by atoms with van der Waals surface area (Å²) in [5.74, 6) is 1.21. The van der Waals surface area contributed by atoms with Crippen molar-refractivity contribution in [1.82, 2.24) is 14.8 Å². The summed E-state index contributed by atoms with van der Waals surface area (Å²) < 4.78 is 12.3. The normalized spacial score (nSPS) is 10.5. The molecule has 1 amide bonds. The lowest BCUT2D eigenvalue weighted by Gasteiger charge is -2.11. The largest absolute Gasteiger partial charge is 0.497 e. The van der Waals surface area contributed by atoms with Gasteiger partial charge in [-0.3, -0.25) is 9.36 Å². The van der Waals surface area contributed by atoms with Gasteiger partial charge in [-0.05, 0) is 30.3 Å². The van der Waals surface area contributed by atoms with Crippen molar-refractivity contribution >= 4 is 35.0 Å². The summed E-state index contributed by atoms with van der Waals surface area (Å²) in [7, 11) is 3.14. The number of ether oxygens (including phenoxy) is 2. The Kier molecular flexibility index (Phi) is 6.20. The third-order valence-electron chi connectivity index (χ3n) is 3.62. The number of amides is 1. The van der Waals surface area contributed by atoms with Gasteiger partial charge in [0.2, 0.25) is 5.91 Å². The summed E-state index contributed by atoms with van der Waals surface area (Å²) in [5.41, 5.74) is 1.36. The lowest BCUT2D eigenvalue weighted by atomic mass is 10.3. The predicted molar refractivity (Wildman–Crippen MR) is 105 cm³/mol. The van der Waals surface area contributed by atoms with Crippen LogP contribution in [0.25, 0.3) is 5.69 Å². The third-order valence-corrected chi connectivity index (χ3v) is 4.79. The summed E-state index contributed by atoms with van der Waals surface area (Å²) in [6.07, 6.45) is 1.59. The van der Waals surface area contributed by atoms with E-state index < -0.39 is 0 Å². The summed E-state index contributed by atoms with van der Waals surface area (Å²) in [4.78, 5) is 12.3. The first-order valence-corrected chi connectivity index (χ1v) is 9.27. The van der Waals surface area contributed by atoms with Crippen LogP contribution in [0.5, 0.6) is 11.5 Å². The molecular weight excluding hydrogens is 388 g/mol. The van der Waals surface area contributed by atoms with Crippen molar-refractivity contribution in [3.8, 4) is 17.2 Å². The summed E-state index contributed by atoms with van der Waals surface area (Å²) in [5, 5.41) is 11.9. The number of carbonyl (C=O) groups excluding carboxylic acids is 1. The van der Waals surface area contributed by atoms with E-state index in [4.69, 9.17) is 21.1 Å². The highest BCUT2D eigenvalue weighted by Gasteiger charge is 2.13. The predicted octanol–water partition coefficient (Wildman–Crippen LogP) is 3.67. The van der Waals surface area contributed by atoms with Gasteiger partial charge in [-0.25, -0.2) is 0 Å². The number of methoxy groups -OCH3 is 2. The van der Waals surface area contributed by atoms with Crippen LogP contribution in [0.1, 0.15) is 0 Å². The number of hydrogen-bond donors (Lipinski definition) is 1. The molecule has 0 atom stereocenters. The highest BCUT2D eigenvalue weighted by atomic mass is 35.5. The van der Waals surface area contributed by atoms with Gasteiger partial charge in [0, 0.05) is 11.1 Å². The third kappa shape index (κ3) is 4.72. The summed E-state index contributed by atoms with van der Waals surface area (Å²) in [6.45, 7) is 0. The van der Waals surface area contributed by atoms with Crippen molar-refractivity contribution < 1.29 is 14.3 Å². The highest BCUT2D eigenvalue weighted by Crippen LogP contribution is 2.28. The Hall–Kier alpha value is -2.71. The maximum Gasteiger partial charge on any atom is 0.234 e. The topological polar surface area (TPSA) is 78.3 Å². The molecule has 0 aliphatic carbocycles. The zero-order valence-corrected chi connectivity index (χ0v) is 16.3. The molecule has 0 unspecified atom stereocenters. The Morgan fingerprint density at radius 1 is 1.22 bits per heavy atom. The van der Waals surface area contributed by atoms with Crippen LogP contribution >= 0.6 is 23.4 Å². The van der Waals surface area contributed by atoms with E-state index in [0.29, 0.717) is 21.6 Å². The molecule has 0 aliphatic rings. The molecular formula is C18H17ClN4O3S. The van der Waals surface area contributed by atoms with E-state index in [1.54, 1.807) is 36.2 Å². The van der Waals surface area contributed by atoms with E-state index in [-0.39, 0.29) is 11.7 Å². The summed E-state index contributed by atoms with van der Waals surface area (Å²) >= 11 is 7.25. The first kappa shape index (κ1) is 19.1. The zero-order chi connectivity index (χ0) is 19.2. The number of halogens is 1. The Morgan fingerprint density at radius 2 is 2.07 bits per heavy atom. The average Bonchev–Trinajstić information content (AvgIpc) is 3.15. The molecule has 9 heteroatoms. The number of nitrogens with one attached hydrogen (secondary N) is 1. The maximum absolute atomic E-state index is 12.3. The minimum absolute atomic E-state index is 0.151. The molecule has 2 aromatic carbocycles. The van der Waals surface area contributed by atoms with Crippen molar-refractivity contribution in [2.45, 2.75) is 5.16 Å². The van der Waals surface area contributed by atoms with Gasteiger partial charge in [0.1, 0.15) is 17.8 Å². The second-order valence-electron chi connectivity index (χ2n) is 5.37. The fourth-order valence-electron chi connectivity index (χ4n) is 2.35. The van der Waals surface area contributed by atoms with Crippen molar-refractivity contribution in [2.24, 2.45) is 0 Å². The van der Waals surface area contributed by atoms with Crippen LogP contribution in [0, 0.1) is 0 Å². The van der Waals surface area contributed by atoms with Gasteiger partial charge in [0.05, 0.1) is 31.3 Å². The standard InChI is InChI=1S/C18H17ClN4O3S/c1-25-14-5-3-4-13(9-14)23-11-20-22-18(23)27-10-17(24)21-15-8-12(19)6-7-16(15)26-2/h3-9,11H,10H2,1-2H3,(H,21,24). The monoisotopic (exact) mass is 404 g/mol. The molecule has 3 aromatic rings. The SMILES string of the molecule is COc1cccc(-n2cnnc2SCC(=O)Nc2cc(Cl)ccc2OC)c1. The van der Waals surface area contributed by atoms with E-state index in [0.717, 1.165) is 11.4 Å². The van der Waals surface area contributed by atoms with Gasteiger partial charge < -0.3 is 14.8 Å². The minimum Gasteiger partial charge on any atom is -0.497 e. The van der Waals surface area contributed by atoms with Crippen LogP contribution < -0.4 is 14.8 Å². The molecule has 0 aliphatic heterocycles. The highest BCUT2D eigenvalue weighted by molar-refractivity contribution is 7.99. The molecule has 0 saturated heterocycles. The molecule has 0 spiro atoms. The van der Waals surface area contributed by atoms with Crippen LogP contribution in [-0.4, -0.2) is 40.6 Å². The number of rotatable bonds is 7. The molecule has 1 aromatic heterocycles. The van der Waals surface area contributed by atoms with Gasteiger partial charge in [0.15, 0.2) is 5.16 Å². The molecule has 140 valence electrons. The Morgan fingerprint density at radius 3 is 2.85 bits per heavy atom. The van der Waals surface area contributed by atoms with Gasteiger partial charge in [0.25, 0.3) is 0 Å². The van der Waals surface area contributed by atoms with Gasteiger partial charge in [-0.1, -0.05) is 29.4 Å². The van der Waals surface area contributed by atoms with Crippen molar-refractivity contribution in [2.75, 3.05) is 25.3 Å². The first-order valence-electron chi connectivity index (χ1n) is 7.91. The number of hydrogen-bond acceptors (Lipinski definition) is 6. The molecule has 0 bridgehead atoms. The molecule has 27 heavy (non-hydrogen) atoms. The molecule has 0 fully saturated rings. The van der Waals surface area contributed by atoms with Crippen LogP contribution in [0.15, 0.2) is 53.9 Å².